The van der Waals surface area contributed by atoms with Crippen LogP contribution in [0.2, 0.25) is 0 Å². The largest absolute Gasteiger partial charge is 0.497 e. The minimum absolute atomic E-state index is 0.0467. The number of carbonyl (C=O) groups is 1. The summed E-state index contributed by atoms with van der Waals surface area (Å²) in [5.74, 6) is 0.717. The van der Waals surface area contributed by atoms with Gasteiger partial charge in [-0.2, -0.15) is 0 Å². The zero-order valence-electron chi connectivity index (χ0n) is 14.6. The molecule has 0 aliphatic carbocycles. The Morgan fingerprint density at radius 2 is 2.04 bits per heavy atom. The first kappa shape index (κ1) is 17.7. The van der Waals surface area contributed by atoms with Crippen molar-refractivity contribution < 1.29 is 9.53 Å². The standard InChI is InChI=1S/C20H21N3O3/c1-26-16-7-4-6-15(12-16)13-21-19(24)10-5-11-23-14-22-18-9-3-2-8-17(18)20(23)25/h2-4,6-9,12,14H,5,10-11,13H2,1H3,(H,21,24). The van der Waals surface area contributed by atoms with Gasteiger partial charge >= 0.3 is 0 Å². The number of amides is 1. The number of methoxy groups -OCH3 is 1. The van der Waals surface area contributed by atoms with E-state index >= 15 is 0 Å². The lowest BCUT2D eigenvalue weighted by Gasteiger charge is -2.08. The Hall–Kier alpha value is -3.15. The molecule has 0 bridgehead atoms. The van der Waals surface area contributed by atoms with Gasteiger partial charge in [-0.15, -0.1) is 0 Å². The quantitative estimate of drug-likeness (QED) is 0.710. The SMILES string of the molecule is COc1cccc(CNC(=O)CCCn2cnc3ccccc3c2=O)c1. The second-order valence-corrected chi connectivity index (χ2v) is 5.99. The van der Waals surface area contributed by atoms with Crippen LogP contribution in [0.4, 0.5) is 0 Å². The van der Waals surface area contributed by atoms with Gasteiger partial charge < -0.3 is 10.1 Å². The smallest absolute Gasteiger partial charge is 0.261 e. The average molecular weight is 351 g/mol. The molecule has 0 fully saturated rings. The van der Waals surface area contributed by atoms with Crippen LogP contribution in [-0.4, -0.2) is 22.6 Å². The fraction of sp³-hybridized carbons (Fsp3) is 0.250. The van der Waals surface area contributed by atoms with Crippen molar-refractivity contribution in [2.24, 2.45) is 0 Å². The first-order valence-corrected chi connectivity index (χ1v) is 8.51. The summed E-state index contributed by atoms with van der Waals surface area (Å²) in [6.45, 7) is 0.913. The van der Waals surface area contributed by atoms with Crippen LogP contribution in [0.5, 0.6) is 5.75 Å². The Balaban J connectivity index is 1.51. The molecule has 0 atom stereocenters. The molecule has 1 aromatic heterocycles. The Bertz CT molecular complexity index is 966. The number of para-hydroxylation sites is 1. The molecule has 26 heavy (non-hydrogen) atoms. The van der Waals surface area contributed by atoms with Crippen molar-refractivity contribution in [2.45, 2.75) is 25.9 Å². The molecule has 3 aromatic rings. The monoisotopic (exact) mass is 351 g/mol. The van der Waals surface area contributed by atoms with Crippen molar-refractivity contribution in [3.05, 3.63) is 70.8 Å². The summed E-state index contributed by atoms with van der Waals surface area (Å²) in [5, 5.41) is 3.48. The third-order valence-corrected chi connectivity index (χ3v) is 4.16. The van der Waals surface area contributed by atoms with Crippen molar-refractivity contribution in [3.63, 3.8) is 0 Å². The molecule has 0 spiro atoms. The predicted octanol–water partition coefficient (Wildman–Crippen LogP) is 2.50. The van der Waals surface area contributed by atoms with E-state index in [-0.39, 0.29) is 11.5 Å². The maximum Gasteiger partial charge on any atom is 0.261 e. The molecule has 0 aliphatic rings. The lowest BCUT2D eigenvalue weighted by Crippen LogP contribution is -2.24. The summed E-state index contributed by atoms with van der Waals surface area (Å²) in [6.07, 6.45) is 2.46. The van der Waals surface area contributed by atoms with E-state index in [4.69, 9.17) is 4.74 Å². The number of hydrogen-bond donors (Lipinski definition) is 1. The Labute approximate surface area is 151 Å². The number of hydrogen-bond acceptors (Lipinski definition) is 4. The van der Waals surface area contributed by atoms with E-state index in [1.165, 1.54) is 0 Å². The Morgan fingerprint density at radius 3 is 2.88 bits per heavy atom. The number of aromatic nitrogens is 2. The fourth-order valence-electron chi connectivity index (χ4n) is 2.75. The van der Waals surface area contributed by atoms with Gasteiger partial charge in [-0.1, -0.05) is 24.3 Å². The maximum atomic E-state index is 12.4. The first-order valence-electron chi connectivity index (χ1n) is 8.51. The van der Waals surface area contributed by atoms with Gasteiger partial charge in [0.25, 0.3) is 5.56 Å². The van der Waals surface area contributed by atoms with E-state index in [2.05, 4.69) is 10.3 Å². The number of fused-ring (bicyclic) bond motifs is 1. The maximum absolute atomic E-state index is 12.4. The normalized spacial score (nSPS) is 10.7. The second-order valence-electron chi connectivity index (χ2n) is 5.99. The van der Waals surface area contributed by atoms with Crippen LogP contribution in [0.15, 0.2) is 59.7 Å². The van der Waals surface area contributed by atoms with Crippen molar-refractivity contribution in [1.82, 2.24) is 14.9 Å². The second kappa shape index (κ2) is 8.29. The van der Waals surface area contributed by atoms with E-state index in [1.54, 1.807) is 24.1 Å². The molecule has 0 saturated carbocycles. The molecule has 0 radical (unpaired) electrons. The molecule has 2 aromatic carbocycles. The minimum atomic E-state index is -0.0765. The van der Waals surface area contributed by atoms with E-state index in [0.717, 1.165) is 11.3 Å². The van der Waals surface area contributed by atoms with Gasteiger partial charge in [0.1, 0.15) is 5.75 Å². The summed E-state index contributed by atoms with van der Waals surface area (Å²) >= 11 is 0. The fourth-order valence-corrected chi connectivity index (χ4v) is 2.75. The highest BCUT2D eigenvalue weighted by molar-refractivity contribution is 5.77. The van der Waals surface area contributed by atoms with Gasteiger partial charge in [0, 0.05) is 19.5 Å². The third-order valence-electron chi connectivity index (χ3n) is 4.16. The van der Waals surface area contributed by atoms with Gasteiger partial charge in [0.2, 0.25) is 5.91 Å². The molecule has 0 aliphatic heterocycles. The van der Waals surface area contributed by atoms with Crippen molar-refractivity contribution in [1.29, 1.82) is 0 Å². The molecule has 6 nitrogen and oxygen atoms in total. The van der Waals surface area contributed by atoms with Crippen LogP contribution in [0.3, 0.4) is 0 Å². The number of benzene rings is 2. The van der Waals surface area contributed by atoms with Crippen LogP contribution >= 0.6 is 0 Å². The summed E-state index contributed by atoms with van der Waals surface area (Å²) in [5.41, 5.74) is 1.59. The molecule has 1 N–H and O–H groups in total. The third kappa shape index (κ3) is 4.27. The highest BCUT2D eigenvalue weighted by atomic mass is 16.5. The number of nitrogens with zero attached hydrogens (tertiary/aromatic N) is 2. The van der Waals surface area contributed by atoms with E-state index in [1.807, 2.05) is 42.5 Å². The summed E-state index contributed by atoms with van der Waals surface area (Å²) in [4.78, 5) is 28.7. The van der Waals surface area contributed by atoms with Gasteiger partial charge in [-0.3, -0.25) is 14.2 Å². The summed E-state index contributed by atoms with van der Waals surface area (Å²) in [6, 6.07) is 14.8. The predicted molar refractivity (Wildman–Crippen MR) is 100 cm³/mol. The topological polar surface area (TPSA) is 73.2 Å². The van der Waals surface area contributed by atoms with E-state index in [0.29, 0.717) is 36.8 Å². The van der Waals surface area contributed by atoms with Gasteiger partial charge in [0.15, 0.2) is 0 Å². The molecule has 3 rings (SSSR count). The minimum Gasteiger partial charge on any atom is -0.497 e. The van der Waals surface area contributed by atoms with Crippen LogP contribution in [-0.2, 0) is 17.9 Å². The first-order chi connectivity index (χ1) is 12.7. The highest BCUT2D eigenvalue weighted by Crippen LogP contribution is 2.12. The highest BCUT2D eigenvalue weighted by Gasteiger charge is 2.06. The van der Waals surface area contributed by atoms with Crippen LogP contribution in [0.1, 0.15) is 18.4 Å². The summed E-state index contributed by atoms with van der Waals surface area (Å²) in [7, 11) is 1.61. The Kier molecular flexibility index (Phi) is 5.63. The number of ether oxygens (including phenoxy) is 1. The molecule has 1 amide bonds. The molecule has 0 saturated heterocycles. The molecule has 0 unspecified atom stereocenters. The summed E-state index contributed by atoms with van der Waals surface area (Å²) < 4.78 is 6.72. The number of nitrogens with one attached hydrogen (secondary N) is 1. The molecular weight excluding hydrogens is 330 g/mol. The number of carbonyl (C=O) groups excluding carboxylic acids is 1. The van der Waals surface area contributed by atoms with Crippen LogP contribution in [0, 0.1) is 0 Å². The number of rotatable bonds is 7. The average Bonchev–Trinajstić information content (AvgIpc) is 2.68. The van der Waals surface area contributed by atoms with Gasteiger partial charge in [0.05, 0.1) is 24.3 Å². The Morgan fingerprint density at radius 1 is 1.19 bits per heavy atom. The van der Waals surface area contributed by atoms with Crippen molar-refractivity contribution in [2.75, 3.05) is 7.11 Å². The van der Waals surface area contributed by atoms with E-state index < -0.39 is 0 Å². The van der Waals surface area contributed by atoms with Crippen molar-refractivity contribution in [3.8, 4) is 5.75 Å². The van der Waals surface area contributed by atoms with Crippen molar-refractivity contribution >= 4 is 16.8 Å². The van der Waals surface area contributed by atoms with E-state index in [9.17, 15) is 9.59 Å². The van der Waals surface area contributed by atoms with Crippen LogP contribution < -0.4 is 15.6 Å². The zero-order chi connectivity index (χ0) is 18.4. The molecule has 1 heterocycles. The lowest BCUT2D eigenvalue weighted by atomic mass is 10.2. The zero-order valence-corrected chi connectivity index (χ0v) is 14.6. The molecule has 134 valence electrons. The molecular formula is C20H21N3O3. The molecule has 6 heteroatoms. The van der Waals surface area contributed by atoms with Crippen LogP contribution in [0.25, 0.3) is 10.9 Å². The lowest BCUT2D eigenvalue weighted by molar-refractivity contribution is -0.121. The van der Waals surface area contributed by atoms with Gasteiger partial charge in [-0.05, 0) is 36.2 Å². The van der Waals surface area contributed by atoms with Gasteiger partial charge in [-0.25, -0.2) is 4.98 Å². The number of aryl methyl sites for hydroxylation is 1.